The molecule has 1 aliphatic rings. The summed E-state index contributed by atoms with van der Waals surface area (Å²) in [5.41, 5.74) is 1.41. The molecule has 3 nitrogen and oxygen atoms in total. The van der Waals surface area contributed by atoms with E-state index in [9.17, 15) is 0 Å². The lowest BCUT2D eigenvalue weighted by molar-refractivity contribution is 0.203. The Morgan fingerprint density at radius 3 is 2.61 bits per heavy atom. The topological polar surface area (TPSA) is 35.5 Å². The second-order valence-electron chi connectivity index (χ2n) is 5.79. The molecule has 0 aromatic rings. The van der Waals surface area contributed by atoms with Crippen molar-refractivity contribution in [3.8, 4) is 0 Å². The molecule has 0 amide bonds. The first-order valence-corrected chi connectivity index (χ1v) is 7.34. The van der Waals surface area contributed by atoms with Gasteiger partial charge >= 0.3 is 0 Å². The second-order valence-corrected chi connectivity index (χ2v) is 5.79. The van der Waals surface area contributed by atoms with Crippen molar-refractivity contribution in [2.24, 2.45) is 0 Å². The van der Waals surface area contributed by atoms with E-state index in [-0.39, 0.29) is 0 Å². The molecule has 2 N–H and O–H groups in total. The van der Waals surface area contributed by atoms with Crippen molar-refractivity contribution < 1.29 is 5.11 Å². The molecule has 0 saturated carbocycles. The number of nitrogens with one attached hydrogen (secondary N) is 1. The van der Waals surface area contributed by atoms with E-state index in [0.717, 1.165) is 19.4 Å². The quantitative estimate of drug-likeness (QED) is 0.684. The summed E-state index contributed by atoms with van der Waals surface area (Å²) < 4.78 is 0. The van der Waals surface area contributed by atoms with Crippen molar-refractivity contribution >= 4 is 0 Å². The van der Waals surface area contributed by atoms with Crippen LogP contribution in [0.25, 0.3) is 0 Å². The summed E-state index contributed by atoms with van der Waals surface area (Å²) in [6, 6.07) is 1.20. The highest BCUT2D eigenvalue weighted by Gasteiger charge is 2.19. The third-order valence-corrected chi connectivity index (χ3v) is 3.66. The van der Waals surface area contributed by atoms with E-state index in [1.807, 2.05) is 0 Å². The van der Waals surface area contributed by atoms with E-state index in [0.29, 0.717) is 18.7 Å². The highest BCUT2D eigenvalue weighted by Crippen LogP contribution is 2.12. The van der Waals surface area contributed by atoms with Crippen LogP contribution in [0.1, 0.15) is 46.5 Å². The average Bonchev–Trinajstić information content (AvgIpc) is 2.35. The molecule has 0 aromatic heterocycles. The number of hydrogen-bond acceptors (Lipinski definition) is 3. The first-order chi connectivity index (χ1) is 8.61. The maximum Gasteiger partial charge on any atom is 0.0431 e. The molecule has 1 fully saturated rings. The summed E-state index contributed by atoms with van der Waals surface area (Å²) in [7, 11) is 0. The molecular weight excluding hydrogens is 224 g/mol. The van der Waals surface area contributed by atoms with Crippen LogP contribution >= 0.6 is 0 Å². The summed E-state index contributed by atoms with van der Waals surface area (Å²) in [6.07, 6.45) is 6.81. The second kappa shape index (κ2) is 8.68. The molecule has 0 aliphatic carbocycles. The Kier molecular flexibility index (Phi) is 7.56. The summed E-state index contributed by atoms with van der Waals surface area (Å²) >= 11 is 0. The molecule has 1 aliphatic heterocycles. The molecule has 1 rings (SSSR count). The number of piperidine rings is 1. The molecule has 0 radical (unpaired) electrons. The Balaban J connectivity index is 2.16. The van der Waals surface area contributed by atoms with Crippen molar-refractivity contribution in [3.05, 3.63) is 11.6 Å². The van der Waals surface area contributed by atoms with Crippen LogP contribution < -0.4 is 5.32 Å². The van der Waals surface area contributed by atoms with Gasteiger partial charge < -0.3 is 10.4 Å². The molecule has 3 heteroatoms. The van der Waals surface area contributed by atoms with Gasteiger partial charge in [-0.3, -0.25) is 4.90 Å². The van der Waals surface area contributed by atoms with Crippen LogP contribution in [0.5, 0.6) is 0 Å². The highest BCUT2D eigenvalue weighted by atomic mass is 16.2. The predicted octanol–water partition coefficient (Wildman–Crippen LogP) is 2.17. The smallest absolute Gasteiger partial charge is 0.0431 e. The van der Waals surface area contributed by atoms with Crippen molar-refractivity contribution in [1.82, 2.24) is 10.2 Å². The number of allylic oxidation sites excluding steroid dienone is 1. The maximum absolute atomic E-state index is 8.82. The van der Waals surface area contributed by atoms with Crippen molar-refractivity contribution in [2.75, 3.05) is 26.2 Å². The zero-order valence-electron chi connectivity index (χ0n) is 12.3. The normalized spacial score (nSPS) is 19.8. The van der Waals surface area contributed by atoms with Gasteiger partial charge in [-0.05, 0) is 59.5 Å². The summed E-state index contributed by atoms with van der Waals surface area (Å²) in [4.78, 5) is 2.53. The van der Waals surface area contributed by atoms with E-state index in [2.05, 4.69) is 37.1 Å². The number of hydrogen-bond donors (Lipinski definition) is 2. The van der Waals surface area contributed by atoms with Crippen molar-refractivity contribution in [2.45, 2.75) is 58.5 Å². The molecule has 18 heavy (non-hydrogen) atoms. The molecule has 1 heterocycles. The standard InChI is InChI=1S/C15H30N2O/c1-13(2)6-9-17-10-7-15(8-11-17)16-14(3)5-4-12-18/h6,14-16,18H,4-5,7-12H2,1-3H3. The van der Waals surface area contributed by atoms with Crippen LogP contribution in [0.15, 0.2) is 11.6 Å². The number of likely N-dealkylation sites (tertiary alicyclic amines) is 1. The van der Waals surface area contributed by atoms with Crippen molar-refractivity contribution in [3.63, 3.8) is 0 Å². The van der Waals surface area contributed by atoms with Crippen LogP contribution in [0.3, 0.4) is 0 Å². The zero-order chi connectivity index (χ0) is 13.4. The van der Waals surface area contributed by atoms with Gasteiger partial charge in [0.25, 0.3) is 0 Å². The van der Waals surface area contributed by atoms with Crippen LogP contribution in [-0.4, -0.2) is 48.3 Å². The highest BCUT2D eigenvalue weighted by molar-refractivity contribution is 4.95. The lowest BCUT2D eigenvalue weighted by Gasteiger charge is -2.33. The molecule has 0 spiro atoms. The predicted molar refractivity (Wildman–Crippen MR) is 77.8 cm³/mol. The third-order valence-electron chi connectivity index (χ3n) is 3.66. The van der Waals surface area contributed by atoms with Gasteiger partial charge in [0.1, 0.15) is 0 Å². The van der Waals surface area contributed by atoms with Gasteiger partial charge in [0.2, 0.25) is 0 Å². The van der Waals surface area contributed by atoms with Crippen LogP contribution in [-0.2, 0) is 0 Å². The molecular formula is C15H30N2O. The van der Waals surface area contributed by atoms with Crippen LogP contribution in [0, 0.1) is 0 Å². The summed E-state index contributed by atoms with van der Waals surface area (Å²) in [5, 5.41) is 12.5. The Hall–Kier alpha value is -0.380. The minimum absolute atomic E-state index is 0.313. The summed E-state index contributed by atoms with van der Waals surface area (Å²) in [5.74, 6) is 0. The molecule has 1 saturated heterocycles. The van der Waals surface area contributed by atoms with Gasteiger partial charge in [0.15, 0.2) is 0 Å². The van der Waals surface area contributed by atoms with Gasteiger partial charge in [-0.25, -0.2) is 0 Å². The van der Waals surface area contributed by atoms with Gasteiger partial charge in [0.05, 0.1) is 0 Å². The maximum atomic E-state index is 8.82. The first kappa shape index (κ1) is 15.7. The fourth-order valence-electron chi connectivity index (χ4n) is 2.48. The van der Waals surface area contributed by atoms with E-state index >= 15 is 0 Å². The minimum atomic E-state index is 0.313. The van der Waals surface area contributed by atoms with Crippen LogP contribution in [0.4, 0.5) is 0 Å². The number of aliphatic hydroxyl groups excluding tert-OH is 1. The van der Waals surface area contributed by atoms with Gasteiger partial charge in [-0.15, -0.1) is 0 Å². The Labute approximate surface area is 112 Å². The lowest BCUT2D eigenvalue weighted by Crippen LogP contribution is -2.45. The molecule has 1 atom stereocenters. The van der Waals surface area contributed by atoms with Gasteiger partial charge in [-0.1, -0.05) is 11.6 Å². The van der Waals surface area contributed by atoms with E-state index in [4.69, 9.17) is 5.11 Å². The Bertz CT molecular complexity index is 241. The van der Waals surface area contributed by atoms with E-state index < -0.39 is 0 Å². The van der Waals surface area contributed by atoms with Crippen LogP contribution in [0.2, 0.25) is 0 Å². The van der Waals surface area contributed by atoms with Crippen molar-refractivity contribution in [1.29, 1.82) is 0 Å². The fraction of sp³-hybridized carbons (Fsp3) is 0.867. The summed E-state index contributed by atoms with van der Waals surface area (Å²) in [6.45, 7) is 10.4. The number of aliphatic hydroxyl groups is 1. The minimum Gasteiger partial charge on any atom is -0.396 e. The average molecular weight is 254 g/mol. The Morgan fingerprint density at radius 1 is 1.39 bits per heavy atom. The zero-order valence-corrected chi connectivity index (χ0v) is 12.3. The molecule has 106 valence electrons. The number of nitrogens with zero attached hydrogens (tertiary/aromatic N) is 1. The molecule has 1 unspecified atom stereocenters. The largest absolute Gasteiger partial charge is 0.396 e. The lowest BCUT2D eigenvalue weighted by atomic mass is 10.0. The SMILES string of the molecule is CC(C)=CCN1CCC(NC(C)CCCO)CC1. The molecule has 0 bridgehead atoms. The number of rotatable bonds is 7. The first-order valence-electron chi connectivity index (χ1n) is 7.34. The van der Waals surface area contributed by atoms with E-state index in [1.165, 1.54) is 31.5 Å². The fourth-order valence-corrected chi connectivity index (χ4v) is 2.48. The van der Waals surface area contributed by atoms with E-state index in [1.54, 1.807) is 0 Å². The Morgan fingerprint density at radius 2 is 2.06 bits per heavy atom. The monoisotopic (exact) mass is 254 g/mol. The third kappa shape index (κ3) is 6.53. The van der Waals surface area contributed by atoms with Gasteiger partial charge in [-0.2, -0.15) is 0 Å². The molecule has 0 aromatic carbocycles. The van der Waals surface area contributed by atoms with Gasteiger partial charge in [0, 0.05) is 25.2 Å².